The maximum atomic E-state index is 12.0. The number of halogens is 1. The van der Waals surface area contributed by atoms with Crippen LogP contribution in [-0.2, 0) is 4.79 Å². The van der Waals surface area contributed by atoms with E-state index in [4.69, 9.17) is 33.6 Å². The van der Waals surface area contributed by atoms with Crippen LogP contribution in [0.2, 0.25) is 5.02 Å². The molecule has 0 aliphatic heterocycles. The third-order valence-corrected chi connectivity index (χ3v) is 4.62. The fourth-order valence-electron chi connectivity index (χ4n) is 3.12. The SMILES string of the molecule is N#CC(C#N)=C(N)[C@]1(C#N)[C@H](c2ccccc2Cl)[C@]1(C#N)C(N)=O. The number of nitriles is 4. The van der Waals surface area contributed by atoms with Gasteiger partial charge in [0.2, 0.25) is 5.91 Å². The van der Waals surface area contributed by atoms with Crippen LogP contribution in [0.3, 0.4) is 0 Å². The average molecular weight is 337 g/mol. The number of primary amides is 1. The maximum Gasteiger partial charge on any atom is 0.240 e. The van der Waals surface area contributed by atoms with Gasteiger partial charge >= 0.3 is 0 Å². The Hall–Kier alpha value is -3.52. The summed E-state index contributed by atoms with van der Waals surface area (Å²) >= 11 is 6.13. The lowest BCUT2D eigenvalue weighted by molar-refractivity contribution is -0.122. The van der Waals surface area contributed by atoms with Gasteiger partial charge in [-0.15, -0.1) is 0 Å². The molecule has 116 valence electrons. The van der Waals surface area contributed by atoms with Crippen LogP contribution in [0.15, 0.2) is 35.5 Å². The summed E-state index contributed by atoms with van der Waals surface area (Å²) in [5.74, 6) is -2.16. The minimum Gasteiger partial charge on any atom is -0.399 e. The number of amides is 1. The third kappa shape index (κ3) is 1.77. The number of rotatable bonds is 3. The predicted molar refractivity (Wildman–Crippen MR) is 81.9 cm³/mol. The van der Waals surface area contributed by atoms with Crippen LogP contribution in [0.4, 0.5) is 0 Å². The zero-order valence-electron chi connectivity index (χ0n) is 12.1. The van der Waals surface area contributed by atoms with E-state index >= 15 is 0 Å². The van der Waals surface area contributed by atoms with Crippen LogP contribution in [-0.4, -0.2) is 5.91 Å². The first-order valence-electron chi connectivity index (χ1n) is 6.56. The highest BCUT2D eigenvalue weighted by molar-refractivity contribution is 6.31. The van der Waals surface area contributed by atoms with Crippen LogP contribution in [0.25, 0.3) is 0 Å². The fraction of sp³-hybridized carbons (Fsp3) is 0.188. The molecule has 3 atom stereocenters. The van der Waals surface area contributed by atoms with Crippen molar-refractivity contribution in [3.05, 3.63) is 46.1 Å². The van der Waals surface area contributed by atoms with E-state index in [1.54, 1.807) is 30.3 Å². The molecular weight excluding hydrogens is 328 g/mol. The Labute approximate surface area is 142 Å². The smallest absolute Gasteiger partial charge is 0.240 e. The van der Waals surface area contributed by atoms with E-state index in [0.717, 1.165) is 0 Å². The zero-order valence-corrected chi connectivity index (χ0v) is 12.9. The monoisotopic (exact) mass is 336 g/mol. The van der Waals surface area contributed by atoms with Crippen molar-refractivity contribution < 1.29 is 4.79 Å². The van der Waals surface area contributed by atoms with Crippen molar-refractivity contribution in [2.75, 3.05) is 0 Å². The Balaban J connectivity index is 2.88. The van der Waals surface area contributed by atoms with Gasteiger partial charge in [-0.1, -0.05) is 29.8 Å². The number of hydrogen-bond acceptors (Lipinski definition) is 6. The Kier molecular flexibility index (Phi) is 3.93. The second-order valence-electron chi connectivity index (χ2n) is 5.17. The van der Waals surface area contributed by atoms with E-state index in [0.29, 0.717) is 5.56 Å². The van der Waals surface area contributed by atoms with Gasteiger partial charge in [-0.2, -0.15) is 21.0 Å². The second kappa shape index (κ2) is 5.60. The highest BCUT2D eigenvalue weighted by Crippen LogP contribution is 2.76. The summed E-state index contributed by atoms with van der Waals surface area (Å²) in [6, 6.07) is 13.0. The Morgan fingerprint density at radius 1 is 1.04 bits per heavy atom. The lowest BCUT2D eigenvalue weighted by Gasteiger charge is -2.11. The van der Waals surface area contributed by atoms with E-state index < -0.39 is 33.9 Å². The maximum absolute atomic E-state index is 12.0. The molecule has 0 saturated heterocycles. The zero-order chi connectivity index (χ0) is 18.1. The molecule has 1 amide bonds. The van der Waals surface area contributed by atoms with Crippen LogP contribution in [0.1, 0.15) is 11.5 Å². The molecule has 24 heavy (non-hydrogen) atoms. The highest BCUT2D eigenvalue weighted by atomic mass is 35.5. The van der Waals surface area contributed by atoms with Crippen LogP contribution in [0.5, 0.6) is 0 Å². The first-order valence-corrected chi connectivity index (χ1v) is 6.94. The molecule has 7 nitrogen and oxygen atoms in total. The van der Waals surface area contributed by atoms with Crippen LogP contribution in [0, 0.1) is 56.2 Å². The molecule has 1 aliphatic rings. The summed E-state index contributed by atoms with van der Waals surface area (Å²) in [5, 5.41) is 37.6. The topological polar surface area (TPSA) is 164 Å². The first kappa shape index (κ1) is 16.8. The molecule has 0 spiro atoms. The van der Waals surface area contributed by atoms with Crippen LogP contribution < -0.4 is 11.5 Å². The Morgan fingerprint density at radius 2 is 1.58 bits per heavy atom. The molecule has 1 aromatic carbocycles. The molecule has 0 aromatic heterocycles. The number of benzene rings is 1. The number of nitrogens with zero attached hydrogens (tertiary/aromatic N) is 4. The Bertz CT molecular complexity index is 925. The van der Waals surface area contributed by atoms with Crippen molar-refractivity contribution in [2.45, 2.75) is 5.92 Å². The van der Waals surface area contributed by atoms with Gasteiger partial charge in [-0.25, -0.2) is 0 Å². The van der Waals surface area contributed by atoms with Gasteiger partial charge in [-0.3, -0.25) is 4.79 Å². The van der Waals surface area contributed by atoms with Gasteiger partial charge in [0, 0.05) is 10.9 Å². The molecule has 0 bridgehead atoms. The summed E-state index contributed by atoms with van der Waals surface area (Å²) < 4.78 is 0. The van der Waals surface area contributed by atoms with Gasteiger partial charge in [0.1, 0.15) is 23.1 Å². The molecule has 0 radical (unpaired) electrons. The van der Waals surface area contributed by atoms with E-state index in [2.05, 4.69) is 0 Å². The van der Waals surface area contributed by atoms with Crippen molar-refractivity contribution in [3.8, 4) is 24.3 Å². The molecule has 2 rings (SSSR count). The van der Waals surface area contributed by atoms with E-state index in [9.17, 15) is 15.3 Å². The van der Waals surface area contributed by atoms with Gasteiger partial charge in [-0.05, 0) is 11.6 Å². The van der Waals surface area contributed by atoms with E-state index in [1.807, 2.05) is 6.07 Å². The largest absolute Gasteiger partial charge is 0.399 e. The number of allylic oxidation sites excluding steroid dienone is 2. The number of carbonyl (C=O) groups excluding carboxylic acids is 1. The Morgan fingerprint density at radius 3 is 2.00 bits per heavy atom. The van der Waals surface area contributed by atoms with Gasteiger partial charge in [0.15, 0.2) is 5.41 Å². The normalized spacial score (nSPS) is 26.8. The van der Waals surface area contributed by atoms with Gasteiger partial charge in [0.25, 0.3) is 0 Å². The van der Waals surface area contributed by atoms with Crippen molar-refractivity contribution >= 4 is 17.5 Å². The summed E-state index contributed by atoms with van der Waals surface area (Å²) in [6.07, 6.45) is 0. The summed E-state index contributed by atoms with van der Waals surface area (Å²) in [5.41, 5.74) is 6.62. The lowest BCUT2D eigenvalue weighted by atomic mass is 9.89. The van der Waals surface area contributed by atoms with Crippen molar-refractivity contribution in [1.82, 2.24) is 0 Å². The predicted octanol–water partition coefficient (Wildman–Crippen LogP) is 1.20. The highest BCUT2D eigenvalue weighted by Gasteiger charge is 2.84. The summed E-state index contributed by atoms with van der Waals surface area (Å²) in [4.78, 5) is 12.0. The minimum atomic E-state index is -2.02. The van der Waals surface area contributed by atoms with Crippen LogP contribution >= 0.6 is 11.6 Å². The van der Waals surface area contributed by atoms with Crippen molar-refractivity contribution in [1.29, 1.82) is 21.0 Å². The number of nitrogens with two attached hydrogens (primary N) is 2. The molecule has 4 N–H and O–H groups in total. The quantitative estimate of drug-likeness (QED) is 0.787. The van der Waals surface area contributed by atoms with E-state index in [1.165, 1.54) is 12.1 Å². The molecule has 1 saturated carbocycles. The molecule has 0 heterocycles. The molecule has 0 unspecified atom stereocenters. The summed E-state index contributed by atoms with van der Waals surface area (Å²) in [6.45, 7) is 0. The molecule has 1 aliphatic carbocycles. The number of hydrogen-bond donors (Lipinski definition) is 2. The van der Waals surface area contributed by atoms with Crippen molar-refractivity contribution in [2.24, 2.45) is 22.3 Å². The average Bonchev–Trinajstić information content (AvgIpc) is 3.20. The molecule has 8 heteroatoms. The number of carbonyl (C=O) groups is 1. The van der Waals surface area contributed by atoms with Crippen molar-refractivity contribution in [3.63, 3.8) is 0 Å². The standard InChI is InChI=1S/C16H9ClN6O/c17-11-4-2-1-3-10(11)12-15(7-20,13(22)9(5-18)6-19)16(12,8-21)14(23)24/h1-4,12H,22H2,(H2,23,24)/t12-,15-,16+/m0/s1. The molecule has 1 fully saturated rings. The summed E-state index contributed by atoms with van der Waals surface area (Å²) in [7, 11) is 0. The van der Waals surface area contributed by atoms with E-state index in [-0.39, 0.29) is 5.02 Å². The lowest BCUT2D eigenvalue weighted by Crippen LogP contribution is -2.32. The minimum absolute atomic E-state index is 0.212. The van der Waals surface area contributed by atoms with Gasteiger partial charge < -0.3 is 11.5 Å². The second-order valence-corrected chi connectivity index (χ2v) is 5.58. The molecule has 1 aromatic rings. The first-order chi connectivity index (χ1) is 11.4. The van der Waals surface area contributed by atoms with Gasteiger partial charge in [0.05, 0.1) is 17.8 Å². The third-order valence-electron chi connectivity index (χ3n) is 4.28. The fourth-order valence-corrected chi connectivity index (χ4v) is 3.36. The molecular formula is C16H9ClN6O.